The number of halogens is 3. The maximum Gasteiger partial charge on any atom is 0.573 e. The Hall–Kier alpha value is -3.08. The summed E-state index contributed by atoms with van der Waals surface area (Å²) in [5, 5.41) is 4.49. The molecule has 2 aliphatic rings. The van der Waals surface area contributed by atoms with E-state index in [-0.39, 0.29) is 17.5 Å². The second-order valence-electron chi connectivity index (χ2n) is 7.78. The van der Waals surface area contributed by atoms with E-state index in [1.54, 1.807) is 16.2 Å². The summed E-state index contributed by atoms with van der Waals surface area (Å²) in [6.45, 7) is 1.59. The molecule has 0 bridgehead atoms. The van der Waals surface area contributed by atoms with E-state index in [0.29, 0.717) is 6.54 Å². The van der Waals surface area contributed by atoms with E-state index in [2.05, 4.69) is 10.1 Å². The van der Waals surface area contributed by atoms with Crippen LogP contribution in [-0.4, -0.2) is 47.1 Å². The molecule has 2 saturated heterocycles. The van der Waals surface area contributed by atoms with Gasteiger partial charge in [-0.2, -0.15) is 0 Å². The van der Waals surface area contributed by atoms with Crippen molar-refractivity contribution in [3.8, 4) is 5.75 Å². The number of amides is 4. The molecule has 0 aliphatic carbocycles. The summed E-state index contributed by atoms with van der Waals surface area (Å²) in [5.41, 5.74) is -1.23. The van der Waals surface area contributed by atoms with Gasteiger partial charge in [-0.25, -0.2) is 4.79 Å². The van der Waals surface area contributed by atoms with Crippen molar-refractivity contribution in [3.05, 3.63) is 52.2 Å². The summed E-state index contributed by atoms with van der Waals surface area (Å²) in [7, 11) is 0. The molecule has 0 radical (unpaired) electrons. The van der Waals surface area contributed by atoms with Gasteiger partial charge in [-0.1, -0.05) is 18.2 Å². The van der Waals surface area contributed by atoms with Gasteiger partial charge in [0.2, 0.25) is 5.91 Å². The topological polar surface area (TPSA) is 79.0 Å². The van der Waals surface area contributed by atoms with Crippen LogP contribution in [0.5, 0.6) is 5.75 Å². The van der Waals surface area contributed by atoms with E-state index < -0.39 is 36.1 Å². The number of likely N-dealkylation sites (tertiary alicyclic amines) is 1. The third-order valence-electron chi connectivity index (χ3n) is 5.68. The SMILES string of the molecule is CC1(c2ccc(OC(F)(F)F)cc2)NC(=O)N(CC(=O)N2CCCC2c2cccs2)C1=O. The molecular formula is C21H20F3N3O4S. The van der Waals surface area contributed by atoms with Crippen LogP contribution in [0.15, 0.2) is 41.8 Å². The summed E-state index contributed by atoms with van der Waals surface area (Å²) in [4.78, 5) is 42.2. The molecule has 2 unspecified atom stereocenters. The van der Waals surface area contributed by atoms with Gasteiger partial charge in [0.25, 0.3) is 5.91 Å². The largest absolute Gasteiger partial charge is 0.573 e. The number of hydrogen-bond donors (Lipinski definition) is 1. The van der Waals surface area contributed by atoms with Crippen LogP contribution in [0.2, 0.25) is 0 Å². The fraction of sp³-hybridized carbons (Fsp3) is 0.381. The van der Waals surface area contributed by atoms with Gasteiger partial charge in [-0.05, 0) is 48.9 Å². The van der Waals surface area contributed by atoms with Crippen LogP contribution in [-0.2, 0) is 15.1 Å². The number of carbonyl (C=O) groups is 3. The number of carbonyl (C=O) groups excluding carboxylic acids is 3. The van der Waals surface area contributed by atoms with Crippen LogP contribution >= 0.6 is 11.3 Å². The minimum Gasteiger partial charge on any atom is -0.406 e. The highest BCUT2D eigenvalue weighted by atomic mass is 32.1. The van der Waals surface area contributed by atoms with Gasteiger partial charge in [-0.3, -0.25) is 14.5 Å². The van der Waals surface area contributed by atoms with Gasteiger partial charge in [0, 0.05) is 11.4 Å². The number of urea groups is 1. The third-order valence-corrected chi connectivity index (χ3v) is 6.65. The third kappa shape index (κ3) is 4.16. The van der Waals surface area contributed by atoms with E-state index in [1.807, 2.05) is 17.5 Å². The van der Waals surface area contributed by atoms with Gasteiger partial charge in [0.1, 0.15) is 17.8 Å². The number of ether oxygens (including phenoxy) is 1. The zero-order valence-electron chi connectivity index (χ0n) is 17.0. The van der Waals surface area contributed by atoms with Crippen molar-refractivity contribution in [3.63, 3.8) is 0 Å². The van der Waals surface area contributed by atoms with Gasteiger partial charge >= 0.3 is 12.4 Å². The molecule has 1 aromatic heterocycles. The van der Waals surface area contributed by atoms with Crippen LogP contribution in [0, 0.1) is 0 Å². The van der Waals surface area contributed by atoms with Crippen molar-refractivity contribution in [2.75, 3.05) is 13.1 Å². The number of nitrogens with one attached hydrogen (secondary N) is 1. The Morgan fingerprint density at radius 3 is 2.59 bits per heavy atom. The number of rotatable bonds is 5. The van der Waals surface area contributed by atoms with Crippen molar-refractivity contribution in [1.29, 1.82) is 0 Å². The fourth-order valence-corrected chi connectivity index (χ4v) is 4.97. The summed E-state index contributed by atoms with van der Waals surface area (Å²) >= 11 is 1.55. The van der Waals surface area contributed by atoms with E-state index in [4.69, 9.17) is 0 Å². The normalized spacial score (nSPS) is 23.6. The Bertz CT molecular complexity index is 1030. The molecule has 2 atom stereocenters. The van der Waals surface area contributed by atoms with Crippen LogP contribution in [0.4, 0.5) is 18.0 Å². The molecule has 7 nitrogen and oxygen atoms in total. The van der Waals surface area contributed by atoms with Gasteiger partial charge < -0.3 is 15.0 Å². The Morgan fingerprint density at radius 1 is 1.25 bits per heavy atom. The van der Waals surface area contributed by atoms with E-state index >= 15 is 0 Å². The molecule has 0 spiro atoms. The molecule has 4 rings (SSSR count). The fourth-order valence-electron chi connectivity index (χ4n) is 4.09. The van der Waals surface area contributed by atoms with E-state index in [9.17, 15) is 27.6 Å². The van der Waals surface area contributed by atoms with E-state index in [0.717, 1.165) is 34.8 Å². The average molecular weight is 467 g/mol. The number of imide groups is 1. The zero-order chi connectivity index (χ0) is 23.1. The first-order chi connectivity index (χ1) is 15.1. The molecule has 0 saturated carbocycles. The lowest BCUT2D eigenvalue weighted by Crippen LogP contribution is -2.44. The minimum absolute atomic E-state index is 0.0733. The highest BCUT2D eigenvalue weighted by Crippen LogP contribution is 2.35. The van der Waals surface area contributed by atoms with Crippen LogP contribution in [0.3, 0.4) is 0 Å². The average Bonchev–Trinajstić information content (AvgIpc) is 3.44. The number of hydrogen-bond acceptors (Lipinski definition) is 5. The molecule has 2 aliphatic heterocycles. The lowest BCUT2D eigenvalue weighted by atomic mass is 9.92. The quantitative estimate of drug-likeness (QED) is 0.679. The maximum absolute atomic E-state index is 13.1. The lowest BCUT2D eigenvalue weighted by molar-refractivity contribution is -0.274. The predicted octanol–water partition coefficient (Wildman–Crippen LogP) is 3.78. The first-order valence-electron chi connectivity index (χ1n) is 9.92. The van der Waals surface area contributed by atoms with Crippen molar-refractivity contribution in [2.45, 2.75) is 37.7 Å². The lowest BCUT2D eigenvalue weighted by Gasteiger charge is -2.26. The van der Waals surface area contributed by atoms with Crippen molar-refractivity contribution in [1.82, 2.24) is 15.1 Å². The van der Waals surface area contributed by atoms with Crippen molar-refractivity contribution < 1.29 is 32.3 Å². The highest BCUT2D eigenvalue weighted by Gasteiger charge is 2.50. The second kappa shape index (κ2) is 8.12. The molecule has 4 amide bonds. The summed E-state index contributed by atoms with van der Waals surface area (Å²) in [6, 6.07) is 7.75. The van der Waals surface area contributed by atoms with Gasteiger partial charge in [0.15, 0.2) is 0 Å². The molecule has 1 aromatic carbocycles. The Labute approximate surface area is 185 Å². The molecule has 3 heterocycles. The van der Waals surface area contributed by atoms with Gasteiger partial charge in [-0.15, -0.1) is 24.5 Å². The Balaban J connectivity index is 1.48. The molecule has 2 aromatic rings. The van der Waals surface area contributed by atoms with Crippen LogP contribution in [0.25, 0.3) is 0 Å². The monoisotopic (exact) mass is 467 g/mol. The second-order valence-corrected chi connectivity index (χ2v) is 8.76. The Morgan fingerprint density at radius 2 is 1.97 bits per heavy atom. The summed E-state index contributed by atoms with van der Waals surface area (Å²) in [5.74, 6) is -1.42. The molecule has 1 N–H and O–H groups in total. The van der Waals surface area contributed by atoms with Crippen LogP contribution in [0.1, 0.15) is 36.2 Å². The van der Waals surface area contributed by atoms with E-state index in [1.165, 1.54) is 19.1 Å². The van der Waals surface area contributed by atoms with Gasteiger partial charge in [0.05, 0.1) is 6.04 Å². The molecule has 170 valence electrons. The molecular weight excluding hydrogens is 447 g/mol. The Kier molecular flexibility index (Phi) is 5.61. The smallest absolute Gasteiger partial charge is 0.406 e. The number of nitrogens with zero attached hydrogens (tertiary/aromatic N) is 2. The first-order valence-corrected chi connectivity index (χ1v) is 10.8. The van der Waals surface area contributed by atoms with Crippen LogP contribution < -0.4 is 10.1 Å². The maximum atomic E-state index is 13.1. The summed E-state index contributed by atoms with van der Waals surface area (Å²) < 4.78 is 41.0. The zero-order valence-corrected chi connectivity index (χ0v) is 17.8. The number of alkyl halides is 3. The molecule has 32 heavy (non-hydrogen) atoms. The molecule has 11 heteroatoms. The number of thiophene rings is 1. The summed E-state index contributed by atoms with van der Waals surface area (Å²) in [6.07, 6.45) is -3.19. The predicted molar refractivity (Wildman–Crippen MR) is 109 cm³/mol. The first kappa shape index (κ1) is 22.1. The highest BCUT2D eigenvalue weighted by molar-refractivity contribution is 7.10. The number of benzene rings is 1. The minimum atomic E-state index is -4.84. The van der Waals surface area contributed by atoms with Crippen molar-refractivity contribution >= 4 is 29.2 Å². The molecule has 2 fully saturated rings. The van der Waals surface area contributed by atoms with Crippen molar-refractivity contribution in [2.24, 2.45) is 0 Å². The standard InChI is InChI=1S/C21H20F3N3O4S/c1-20(13-6-8-14(9-7-13)31-21(22,23)24)18(29)27(19(30)25-20)12-17(28)26-10-2-4-15(26)16-5-3-11-32-16/h3,5-9,11,15H,2,4,10,12H2,1H3,(H,25,30).